The van der Waals surface area contributed by atoms with Crippen molar-refractivity contribution in [2.45, 2.75) is 25.3 Å². The van der Waals surface area contributed by atoms with Gasteiger partial charge >= 0.3 is 0 Å². The molecule has 0 saturated carbocycles. The van der Waals surface area contributed by atoms with Crippen LogP contribution in [-0.2, 0) is 4.79 Å². The highest BCUT2D eigenvalue weighted by molar-refractivity contribution is 5.84. The molecule has 1 aromatic heterocycles. The summed E-state index contributed by atoms with van der Waals surface area (Å²) in [5, 5.41) is 7.79. The molecule has 104 valence electrons. The van der Waals surface area contributed by atoms with Crippen molar-refractivity contribution in [1.82, 2.24) is 19.9 Å². The van der Waals surface area contributed by atoms with Gasteiger partial charge in [-0.2, -0.15) is 0 Å². The first-order valence-electron chi connectivity index (χ1n) is 6.99. The number of benzene rings is 1. The van der Waals surface area contributed by atoms with Crippen LogP contribution in [0.5, 0.6) is 0 Å². The van der Waals surface area contributed by atoms with Crippen molar-refractivity contribution in [3.8, 4) is 0 Å². The fourth-order valence-corrected chi connectivity index (χ4v) is 2.67. The molecule has 1 saturated heterocycles. The largest absolute Gasteiger partial charge is 0.338 e. The summed E-state index contributed by atoms with van der Waals surface area (Å²) in [6, 6.07) is 10.3. The summed E-state index contributed by atoms with van der Waals surface area (Å²) >= 11 is 0. The van der Waals surface area contributed by atoms with Gasteiger partial charge in [-0.15, -0.1) is 5.10 Å². The topological polar surface area (TPSA) is 51.0 Å². The Labute approximate surface area is 118 Å². The highest BCUT2D eigenvalue weighted by Gasteiger charge is 2.35. The molecule has 0 bridgehead atoms. The van der Waals surface area contributed by atoms with Gasteiger partial charge in [-0.05, 0) is 12.0 Å². The summed E-state index contributed by atoms with van der Waals surface area (Å²) < 4.78 is 1.83. The smallest absolute Gasteiger partial charge is 0.230 e. The van der Waals surface area contributed by atoms with E-state index in [1.165, 1.54) is 0 Å². The number of nitrogens with zero attached hydrogens (tertiary/aromatic N) is 4. The number of aromatic nitrogens is 3. The first kappa shape index (κ1) is 12.8. The van der Waals surface area contributed by atoms with Crippen molar-refractivity contribution in [2.24, 2.45) is 0 Å². The second-order valence-corrected chi connectivity index (χ2v) is 5.15. The van der Waals surface area contributed by atoms with E-state index in [9.17, 15) is 4.79 Å². The van der Waals surface area contributed by atoms with Gasteiger partial charge in [0.05, 0.1) is 18.2 Å². The molecule has 1 amide bonds. The fourth-order valence-electron chi connectivity index (χ4n) is 2.67. The van der Waals surface area contributed by atoms with Gasteiger partial charge in [-0.3, -0.25) is 4.79 Å². The molecule has 1 unspecified atom stereocenters. The fraction of sp³-hybridized carbons (Fsp3) is 0.400. The van der Waals surface area contributed by atoms with Crippen molar-refractivity contribution in [3.05, 3.63) is 48.3 Å². The molecule has 1 aliphatic rings. The third kappa shape index (κ3) is 2.31. The van der Waals surface area contributed by atoms with Gasteiger partial charge < -0.3 is 4.90 Å². The Hall–Kier alpha value is -2.17. The summed E-state index contributed by atoms with van der Waals surface area (Å²) in [5.41, 5.74) is 1.10. The van der Waals surface area contributed by atoms with Crippen LogP contribution in [-0.4, -0.2) is 38.9 Å². The van der Waals surface area contributed by atoms with Crippen molar-refractivity contribution in [3.63, 3.8) is 0 Å². The van der Waals surface area contributed by atoms with E-state index in [2.05, 4.69) is 17.2 Å². The summed E-state index contributed by atoms with van der Waals surface area (Å²) in [5.74, 6) is 0.183. The zero-order valence-electron chi connectivity index (χ0n) is 11.5. The van der Waals surface area contributed by atoms with E-state index >= 15 is 0 Å². The maximum absolute atomic E-state index is 12.6. The number of likely N-dealkylation sites (tertiary alicyclic amines) is 1. The molecular weight excluding hydrogens is 252 g/mol. The van der Waals surface area contributed by atoms with Crippen LogP contribution in [0, 0.1) is 0 Å². The van der Waals surface area contributed by atoms with Gasteiger partial charge in [0.25, 0.3) is 0 Å². The van der Waals surface area contributed by atoms with E-state index in [0.717, 1.165) is 25.1 Å². The number of hydrogen-bond donors (Lipinski definition) is 0. The van der Waals surface area contributed by atoms with Gasteiger partial charge in [-0.1, -0.05) is 42.5 Å². The molecule has 1 atom stereocenters. The van der Waals surface area contributed by atoms with Gasteiger partial charge in [0, 0.05) is 19.3 Å². The van der Waals surface area contributed by atoms with Crippen molar-refractivity contribution in [1.29, 1.82) is 0 Å². The highest BCUT2D eigenvalue weighted by atomic mass is 16.2. The Morgan fingerprint density at radius 2 is 2.10 bits per heavy atom. The zero-order chi connectivity index (χ0) is 13.9. The average Bonchev–Trinajstić information content (AvgIpc) is 2.93. The minimum absolute atomic E-state index is 0.0344. The molecule has 3 rings (SSSR count). The third-order valence-electron chi connectivity index (χ3n) is 3.90. The Morgan fingerprint density at radius 3 is 2.70 bits per heavy atom. The van der Waals surface area contributed by atoms with Crippen LogP contribution in [0.15, 0.2) is 42.7 Å². The molecule has 1 aromatic carbocycles. The molecule has 1 aliphatic heterocycles. The minimum Gasteiger partial charge on any atom is -0.338 e. The summed E-state index contributed by atoms with van der Waals surface area (Å²) in [6.07, 6.45) is 4.34. The molecule has 0 N–H and O–H groups in total. The summed E-state index contributed by atoms with van der Waals surface area (Å²) in [6.45, 7) is 3.52. The zero-order valence-corrected chi connectivity index (χ0v) is 11.5. The third-order valence-corrected chi connectivity index (χ3v) is 3.90. The second kappa shape index (κ2) is 5.45. The van der Waals surface area contributed by atoms with Crippen LogP contribution in [0.25, 0.3) is 0 Å². The van der Waals surface area contributed by atoms with E-state index in [1.807, 2.05) is 46.1 Å². The summed E-state index contributed by atoms with van der Waals surface area (Å²) in [4.78, 5) is 14.5. The standard InChI is InChI=1S/C15H18N4O/c1-2-14(12-6-4-3-5-7-12)15(20)18-10-13(11-18)19-9-8-16-17-19/h3-9,13-14H,2,10-11H2,1H3. The Bertz CT molecular complexity index is 561. The second-order valence-electron chi connectivity index (χ2n) is 5.15. The number of amides is 1. The van der Waals surface area contributed by atoms with Crippen LogP contribution >= 0.6 is 0 Å². The lowest BCUT2D eigenvalue weighted by atomic mass is 9.93. The lowest BCUT2D eigenvalue weighted by Gasteiger charge is -2.40. The van der Waals surface area contributed by atoms with E-state index in [0.29, 0.717) is 0 Å². The van der Waals surface area contributed by atoms with E-state index in [1.54, 1.807) is 6.20 Å². The Kier molecular flexibility index (Phi) is 3.50. The van der Waals surface area contributed by atoms with Crippen LogP contribution in [0.1, 0.15) is 30.9 Å². The van der Waals surface area contributed by atoms with Crippen molar-refractivity contribution >= 4 is 5.91 Å². The molecule has 5 heteroatoms. The number of carbonyl (C=O) groups excluding carboxylic acids is 1. The van der Waals surface area contributed by atoms with Gasteiger partial charge in [0.2, 0.25) is 5.91 Å². The molecule has 0 aliphatic carbocycles. The lowest BCUT2D eigenvalue weighted by Crippen LogP contribution is -2.52. The summed E-state index contributed by atoms with van der Waals surface area (Å²) in [7, 11) is 0. The predicted octanol–water partition coefficient (Wildman–Crippen LogP) is 1.86. The monoisotopic (exact) mass is 270 g/mol. The number of carbonyl (C=O) groups is 1. The van der Waals surface area contributed by atoms with E-state index < -0.39 is 0 Å². The molecule has 20 heavy (non-hydrogen) atoms. The quantitative estimate of drug-likeness (QED) is 0.852. The molecular formula is C15H18N4O. The van der Waals surface area contributed by atoms with Gasteiger partial charge in [0.1, 0.15) is 0 Å². The molecule has 0 spiro atoms. The van der Waals surface area contributed by atoms with Crippen LogP contribution in [0.4, 0.5) is 0 Å². The maximum Gasteiger partial charge on any atom is 0.230 e. The molecule has 5 nitrogen and oxygen atoms in total. The molecule has 1 fully saturated rings. The van der Waals surface area contributed by atoms with Crippen LogP contribution in [0.2, 0.25) is 0 Å². The minimum atomic E-state index is -0.0344. The first-order valence-corrected chi connectivity index (χ1v) is 6.99. The van der Waals surface area contributed by atoms with Gasteiger partial charge in [-0.25, -0.2) is 4.68 Å². The van der Waals surface area contributed by atoms with Crippen LogP contribution in [0.3, 0.4) is 0 Å². The SMILES string of the molecule is CCC(C(=O)N1CC(n2ccnn2)C1)c1ccccc1. The number of rotatable bonds is 4. The highest BCUT2D eigenvalue weighted by Crippen LogP contribution is 2.27. The number of hydrogen-bond acceptors (Lipinski definition) is 3. The van der Waals surface area contributed by atoms with Crippen molar-refractivity contribution < 1.29 is 4.79 Å². The van der Waals surface area contributed by atoms with E-state index in [4.69, 9.17) is 0 Å². The average molecular weight is 270 g/mol. The molecule has 2 heterocycles. The van der Waals surface area contributed by atoms with E-state index in [-0.39, 0.29) is 17.9 Å². The lowest BCUT2D eigenvalue weighted by molar-refractivity contribution is -0.139. The Morgan fingerprint density at radius 1 is 1.35 bits per heavy atom. The van der Waals surface area contributed by atoms with Gasteiger partial charge in [0.15, 0.2) is 0 Å². The molecule has 2 aromatic rings. The first-order chi connectivity index (χ1) is 9.79. The Balaban J connectivity index is 1.65. The normalized spacial score (nSPS) is 16.8. The van der Waals surface area contributed by atoms with Crippen LogP contribution < -0.4 is 0 Å². The predicted molar refractivity (Wildman–Crippen MR) is 75.1 cm³/mol. The molecule has 0 radical (unpaired) electrons. The maximum atomic E-state index is 12.6. The van der Waals surface area contributed by atoms with Crippen molar-refractivity contribution in [2.75, 3.05) is 13.1 Å².